The molecule has 0 spiro atoms. The van der Waals surface area contributed by atoms with Gasteiger partial charge in [-0.15, -0.1) is 0 Å². The fourth-order valence-corrected chi connectivity index (χ4v) is 2.62. The lowest BCUT2D eigenvalue weighted by atomic mass is 9.98. The summed E-state index contributed by atoms with van der Waals surface area (Å²) >= 11 is 0. The van der Waals surface area contributed by atoms with Crippen molar-refractivity contribution in [2.24, 2.45) is 0 Å². The molecule has 19 heavy (non-hydrogen) atoms. The molecule has 1 aromatic heterocycles. The van der Waals surface area contributed by atoms with Gasteiger partial charge in [0.15, 0.2) is 0 Å². The SMILES string of the molecule is Cc1nccc(CN2CCc3cccc(N)c3C2)n1. The van der Waals surface area contributed by atoms with Crippen LogP contribution in [-0.2, 0) is 19.5 Å². The molecule has 2 heterocycles. The van der Waals surface area contributed by atoms with Gasteiger partial charge in [-0.05, 0) is 36.6 Å². The molecule has 1 aliphatic rings. The standard InChI is InChI=1S/C15H18N4/c1-11-17-7-5-13(18-11)9-19-8-6-12-3-2-4-15(16)14(12)10-19/h2-5,7H,6,8-10,16H2,1H3. The molecular weight excluding hydrogens is 236 g/mol. The third-order valence-corrected chi connectivity index (χ3v) is 3.61. The van der Waals surface area contributed by atoms with E-state index in [1.165, 1.54) is 11.1 Å². The molecule has 98 valence electrons. The molecule has 1 aliphatic heterocycles. The van der Waals surface area contributed by atoms with Crippen molar-refractivity contribution in [1.82, 2.24) is 14.9 Å². The van der Waals surface area contributed by atoms with Crippen LogP contribution in [0.25, 0.3) is 0 Å². The molecule has 0 saturated carbocycles. The van der Waals surface area contributed by atoms with Crippen molar-refractivity contribution in [3.63, 3.8) is 0 Å². The molecular formula is C15H18N4. The Morgan fingerprint density at radius 1 is 1.32 bits per heavy atom. The fourth-order valence-electron chi connectivity index (χ4n) is 2.62. The van der Waals surface area contributed by atoms with E-state index in [1.807, 2.05) is 31.3 Å². The zero-order valence-electron chi connectivity index (χ0n) is 11.1. The van der Waals surface area contributed by atoms with Crippen molar-refractivity contribution in [2.45, 2.75) is 26.4 Å². The number of fused-ring (bicyclic) bond motifs is 1. The van der Waals surface area contributed by atoms with Crippen LogP contribution in [0.1, 0.15) is 22.6 Å². The number of aromatic nitrogens is 2. The van der Waals surface area contributed by atoms with E-state index in [9.17, 15) is 0 Å². The molecule has 4 nitrogen and oxygen atoms in total. The molecule has 0 saturated heterocycles. The fraction of sp³-hybridized carbons (Fsp3) is 0.333. The summed E-state index contributed by atoms with van der Waals surface area (Å²) in [4.78, 5) is 11.0. The first-order valence-corrected chi connectivity index (χ1v) is 6.59. The Hall–Kier alpha value is -1.94. The van der Waals surface area contributed by atoms with Crippen LogP contribution in [0.2, 0.25) is 0 Å². The topological polar surface area (TPSA) is 55.0 Å². The Bertz CT molecular complexity index is 594. The zero-order valence-corrected chi connectivity index (χ0v) is 11.1. The maximum Gasteiger partial charge on any atom is 0.125 e. The van der Waals surface area contributed by atoms with Crippen molar-refractivity contribution in [2.75, 3.05) is 12.3 Å². The van der Waals surface area contributed by atoms with Crippen molar-refractivity contribution < 1.29 is 0 Å². The summed E-state index contributed by atoms with van der Waals surface area (Å²) < 4.78 is 0. The molecule has 0 bridgehead atoms. The minimum atomic E-state index is 0.828. The van der Waals surface area contributed by atoms with Crippen LogP contribution in [0.15, 0.2) is 30.5 Å². The average molecular weight is 254 g/mol. The second-order valence-corrected chi connectivity index (χ2v) is 5.04. The predicted molar refractivity (Wildman–Crippen MR) is 75.4 cm³/mol. The summed E-state index contributed by atoms with van der Waals surface area (Å²) in [7, 11) is 0. The number of benzene rings is 1. The second kappa shape index (κ2) is 4.97. The third-order valence-electron chi connectivity index (χ3n) is 3.61. The number of hydrogen-bond donors (Lipinski definition) is 1. The Morgan fingerprint density at radius 3 is 3.05 bits per heavy atom. The van der Waals surface area contributed by atoms with E-state index in [4.69, 9.17) is 5.73 Å². The smallest absolute Gasteiger partial charge is 0.125 e. The van der Waals surface area contributed by atoms with E-state index in [1.54, 1.807) is 0 Å². The highest BCUT2D eigenvalue weighted by Crippen LogP contribution is 2.24. The number of anilines is 1. The van der Waals surface area contributed by atoms with Crippen LogP contribution in [0.5, 0.6) is 0 Å². The highest BCUT2D eigenvalue weighted by Gasteiger charge is 2.18. The van der Waals surface area contributed by atoms with Crippen LogP contribution >= 0.6 is 0 Å². The molecule has 2 N–H and O–H groups in total. The van der Waals surface area contributed by atoms with Crippen LogP contribution < -0.4 is 5.73 Å². The highest BCUT2D eigenvalue weighted by atomic mass is 15.1. The van der Waals surface area contributed by atoms with Crippen LogP contribution in [-0.4, -0.2) is 21.4 Å². The molecule has 0 fully saturated rings. The van der Waals surface area contributed by atoms with E-state index in [0.717, 1.165) is 43.3 Å². The third kappa shape index (κ3) is 2.58. The van der Waals surface area contributed by atoms with Crippen LogP contribution in [0.3, 0.4) is 0 Å². The lowest BCUT2D eigenvalue weighted by Gasteiger charge is -2.29. The molecule has 0 amide bonds. The van der Waals surface area contributed by atoms with E-state index >= 15 is 0 Å². The minimum Gasteiger partial charge on any atom is -0.398 e. The van der Waals surface area contributed by atoms with Gasteiger partial charge in [0.1, 0.15) is 5.82 Å². The first-order valence-electron chi connectivity index (χ1n) is 6.59. The van der Waals surface area contributed by atoms with Gasteiger partial charge in [0.2, 0.25) is 0 Å². The molecule has 0 aliphatic carbocycles. The Kier molecular flexibility index (Phi) is 3.17. The van der Waals surface area contributed by atoms with Gasteiger partial charge < -0.3 is 5.73 Å². The van der Waals surface area contributed by atoms with Gasteiger partial charge in [0.25, 0.3) is 0 Å². The first-order chi connectivity index (χ1) is 9.22. The maximum absolute atomic E-state index is 6.07. The summed E-state index contributed by atoms with van der Waals surface area (Å²) in [6.07, 6.45) is 2.88. The average Bonchev–Trinajstić information content (AvgIpc) is 2.40. The number of aryl methyl sites for hydroxylation is 1. The van der Waals surface area contributed by atoms with Crippen molar-refractivity contribution in [3.8, 4) is 0 Å². The largest absolute Gasteiger partial charge is 0.398 e. The number of nitrogens with zero attached hydrogens (tertiary/aromatic N) is 3. The number of hydrogen-bond acceptors (Lipinski definition) is 4. The predicted octanol–water partition coefficient (Wildman–Crippen LogP) is 1.93. The van der Waals surface area contributed by atoms with Gasteiger partial charge in [-0.25, -0.2) is 9.97 Å². The Labute approximate surface area is 113 Å². The molecule has 0 atom stereocenters. The molecule has 0 unspecified atom stereocenters. The molecule has 0 radical (unpaired) electrons. The van der Waals surface area contributed by atoms with Gasteiger partial charge in [-0.1, -0.05) is 12.1 Å². The Balaban J connectivity index is 1.77. The molecule has 1 aromatic carbocycles. The van der Waals surface area contributed by atoms with Gasteiger partial charge in [-0.3, -0.25) is 4.90 Å². The van der Waals surface area contributed by atoms with E-state index in [-0.39, 0.29) is 0 Å². The van der Waals surface area contributed by atoms with Gasteiger partial charge >= 0.3 is 0 Å². The van der Waals surface area contributed by atoms with Crippen LogP contribution in [0.4, 0.5) is 5.69 Å². The molecule has 4 heteroatoms. The van der Waals surface area contributed by atoms with Crippen molar-refractivity contribution in [1.29, 1.82) is 0 Å². The maximum atomic E-state index is 6.07. The van der Waals surface area contributed by atoms with Gasteiger partial charge in [0.05, 0.1) is 5.69 Å². The van der Waals surface area contributed by atoms with E-state index < -0.39 is 0 Å². The Morgan fingerprint density at radius 2 is 2.21 bits per heavy atom. The monoisotopic (exact) mass is 254 g/mol. The van der Waals surface area contributed by atoms with Gasteiger partial charge in [0, 0.05) is 31.5 Å². The van der Waals surface area contributed by atoms with E-state index in [0.29, 0.717) is 0 Å². The van der Waals surface area contributed by atoms with Crippen molar-refractivity contribution >= 4 is 5.69 Å². The summed E-state index contributed by atoms with van der Waals surface area (Å²) in [6.45, 7) is 4.74. The molecule has 3 rings (SSSR count). The lowest BCUT2D eigenvalue weighted by molar-refractivity contribution is 0.243. The minimum absolute atomic E-state index is 0.828. The van der Waals surface area contributed by atoms with Gasteiger partial charge in [-0.2, -0.15) is 0 Å². The quantitative estimate of drug-likeness (QED) is 0.832. The number of nitrogens with two attached hydrogens (primary N) is 1. The molecule has 2 aromatic rings. The lowest BCUT2D eigenvalue weighted by Crippen LogP contribution is -2.31. The summed E-state index contributed by atoms with van der Waals surface area (Å²) in [5.74, 6) is 0.828. The summed E-state index contributed by atoms with van der Waals surface area (Å²) in [5, 5.41) is 0. The number of rotatable bonds is 2. The second-order valence-electron chi connectivity index (χ2n) is 5.04. The van der Waals surface area contributed by atoms with Crippen LogP contribution in [0, 0.1) is 6.92 Å². The summed E-state index contributed by atoms with van der Waals surface area (Å²) in [5.41, 5.74) is 10.7. The summed E-state index contributed by atoms with van der Waals surface area (Å²) in [6, 6.07) is 8.18. The highest BCUT2D eigenvalue weighted by molar-refractivity contribution is 5.51. The zero-order chi connectivity index (χ0) is 13.2. The number of nitrogen functional groups attached to an aromatic ring is 1. The normalized spacial score (nSPS) is 15.2. The van der Waals surface area contributed by atoms with Crippen molar-refractivity contribution in [3.05, 3.63) is 53.1 Å². The van der Waals surface area contributed by atoms with E-state index in [2.05, 4.69) is 20.9 Å². The first kappa shape index (κ1) is 12.1.